The van der Waals surface area contributed by atoms with Gasteiger partial charge in [0.25, 0.3) is 0 Å². The molecular formula is C34H67O8P. The zero-order valence-corrected chi connectivity index (χ0v) is 29.1. The van der Waals surface area contributed by atoms with Crippen LogP contribution in [0.15, 0.2) is 0 Å². The van der Waals surface area contributed by atoms with E-state index in [-0.39, 0.29) is 19.4 Å². The summed E-state index contributed by atoms with van der Waals surface area (Å²) in [6, 6.07) is 0. The number of phosphoric ester groups is 1. The van der Waals surface area contributed by atoms with Crippen molar-refractivity contribution in [2.45, 2.75) is 181 Å². The minimum absolute atomic E-state index is 0.217. The first-order valence-corrected chi connectivity index (χ1v) is 19.1. The monoisotopic (exact) mass is 634 g/mol. The third kappa shape index (κ3) is 33.8. The maximum atomic E-state index is 12.3. The van der Waals surface area contributed by atoms with Crippen LogP contribution < -0.4 is 0 Å². The molecule has 9 heteroatoms. The highest BCUT2D eigenvalue weighted by Crippen LogP contribution is 2.36. The van der Waals surface area contributed by atoms with Gasteiger partial charge in [0.1, 0.15) is 6.61 Å². The molecule has 0 aromatic carbocycles. The Morgan fingerprint density at radius 2 is 0.884 bits per heavy atom. The van der Waals surface area contributed by atoms with Gasteiger partial charge >= 0.3 is 19.8 Å². The molecule has 0 radical (unpaired) electrons. The van der Waals surface area contributed by atoms with E-state index in [4.69, 9.17) is 19.3 Å². The fourth-order valence-electron chi connectivity index (χ4n) is 5.09. The van der Waals surface area contributed by atoms with E-state index in [1.807, 2.05) is 0 Å². The van der Waals surface area contributed by atoms with Crippen molar-refractivity contribution in [2.24, 2.45) is 11.8 Å². The minimum atomic E-state index is -4.74. The summed E-state index contributed by atoms with van der Waals surface area (Å²) in [5.74, 6) is 0.696. The van der Waals surface area contributed by atoms with Crippen LogP contribution in [-0.2, 0) is 28.2 Å². The molecule has 2 N–H and O–H groups in total. The smallest absolute Gasteiger partial charge is 0.462 e. The van der Waals surface area contributed by atoms with E-state index in [0.29, 0.717) is 6.42 Å². The summed E-state index contributed by atoms with van der Waals surface area (Å²) in [6.07, 6.45) is 24.2. The van der Waals surface area contributed by atoms with Gasteiger partial charge < -0.3 is 19.3 Å². The average Bonchev–Trinajstić information content (AvgIpc) is 2.92. The molecule has 0 fully saturated rings. The first-order valence-electron chi connectivity index (χ1n) is 17.5. The van der Waals surface area contributed by atoms with Crippen molar-refractivity contribution in [1.82, 2.24) is 0 Å². The van der Waals surface area contributed by atoms with Gasteiger partial charge in [0.2, 0.25) is 0 Å². The number of hydrogen-bond donors (Lipinski definition) is 2. The fourth-order valence-corrected chi connectivity index (χ4v) is 5.46. The Morgan fingerprint density at radius 1 is 0.535 bits per heavy atom. The normalized spacial score (nSPS) is 12.7. The minimum Gasteiger partial charge on any atom is -0.462 e. The average molecular weight is 635 g/mol. The second-order valence-electron chi connectivity index (χ2n) is 13.2. The van der Waals surface area contributed by atoms with Gasteiger partial charge in [-0.1, -0.05) is 150 Å². The molecule has 0 amide bonds. The first-order chi connectivity index (χ1) is 20.5. The molecule has 0 aromatic heterocycles. The highest BCUT2D eigenvalue weighted by atomic mass is 31.2. The number of carbonyl (C=O) groups excluding carboxylic acids is 2. The number of ether oxygens (including phenoxy) is 2. The van der Waals surface area contributed by atoms with Gasteiger partial charge in [-0.25, -0.2) is 4.57 Å². The molecule has 0 unspecified atom stereocenters. The van der Waals surface area contributed by atoms with E-state index in [1.165, 1.54) is 89.9 Å². The zero-order valence-electron chi connectivity index (χ0n) is 28.2. The van der Waals surface area contributed by atoms with Crippen LogP contribution in [-0.4, -0.2) is 41.0 Å². The van der Waals surface area contributed by atoms with Gasteiger partial charge in [-0.05, 0) is 24.7 Å². The quantitative estimate of drug-likeness (QED) is 0.0439. The van der Waals surface area contributed by atoms with Gasteiger partial charge in [-0.2, -0.15) is 0 Å². The van der Waals surface area contributed by atoms with Crippen molar-refractivity contribution in [1.29, 1.82) is 0 Å². The number of hydrogen-bond acceptors (Lipinski definition) is 6. The van der Waals surface area contributed by atoms with E-state index >= 15 is 0 Å². The molecule has 43 heavy (non-hydrogen) atoms. The van der Waals surface area contributed by atoms with Gasteiger partial charge in [0.15, 0.2) is 6.10 Å². The molecule has 8 nitrogen and oxygen atoms in total. The van der Waals surface area contributed by atoms with E-state index < -0.39 is 32.5 Å². The Labute approximate surface area is 264 Å². The molecule has 0 aliphatic carbocycles. The summed E-state index contributed by atoms with van der Waals surface area (Å²) in [7, 11) is -4.74. The van der Waals surface area contributed by atoms with Crippen molar-refractivity contribution in [3.05, 3.63) is 0 Å². The van der Waals surface area contributed by atoms with Crippen LogP contribution in [0.2, 0.25) is 0 Å². The number of esters is 2. The Morgan fingerprint density at radius 3 is 1.26 bits per heavy atom. The highest BCUT2D eigenvalue weighted by molar-refractivity contribution is 7.46. The first kappa shape index (κ1) is 42.0. The van der Waals surface area contributed by atoms with E-state index in [2.05, 4.69) is 32.2 Å². The van der Waals surface area contributed by atoms with Crippen molar-refractivity contribution in [3.8, 4) is 0 Å². The van der Waals surface area contributed by atoms with Crippen LogP contribution in [0.4, 0.5) is 0 Å². The van der Waals surface area contributed by atoms with E-state index in [1.54, 1.807) is 0 Å². The largest absolute Gasteiger partial charge is 0.469 e. The Hall–Kier alpha value is -0.950. The topological polar surface area (TPSA) is 119 Å². The number of phosphoric acid groups is 1. The molecule has 256 valence electrons. The standard InChI is InChI=1S/C34H67O8P/c1-30(2)24-20-16-12-9-7-5-6-8-10-14-19-23-27-34(36)42-32(29-41-43(37,38)39)28-40-33(35)26-22-18-15-11-13-17-21-25-31(3)4/h30-32H,5-29H2,1-4H3,(H2,37,38,39)/t32-/m1/s1. The highest BCUT2D eigenvalue weighted by Gasteiger charge is 2.22. The third-order valence-electron chi connectivity index (χ3n) is 7.73. The summed E-state index contributed by atoms with van der Waals surface area (Å²) >= 11 is 0. The molecule has 0 heterocycles. The SMILES string of the molecule is CC(C)CCCCCCCCCCCCCCC(=O)O[C@H](COC(=O)CCCCCCCCCC(C)C)COP(=O)(O)O. The van der Waals surface area contributed by atoms with Gasteiger partial charge in [0, 0.05) is 12.8 Å². The molecule has 0 aromatic rings. The van der Waals surface area contributed by atoms with Crippen LogP contribution in [0, 0.1) is 11.8 Å². The maximum Gasteiger partial charge on any atom is 0.469 e. The van der Waals surface area contributed by atoms with Crippen LogP contribution >= 0.6 is 7.82 Å². The van der Waals surface area contributed by atoms with Crippen LogP contribution in [0.3, 0.4) is 0 Å². The Kier molecular flexibility index (Phi) is 27.9. The summed E-state index contributed by atoms with van der Waals surface area (Å²) in [6.45, 7) is 8.26. The molecule has 0 saturated heterocycles. The zero-order chi connectivity index (χ0) is 32.2. The van der Waals surface area contributed by atoms with Crippen molar-refractivity contribution in [2.75, 3.05) is 13.2 Å². The predicted molar refractivity (Wildman–Crippen MR) is 175 cm³/mol. The van der Waals surface area contributed by atoms with Crippen LogP contribution in [0.25, 0.3) is 0 Å². The van der Waals surface area contributed by atoms with E-state index in [0.717, 1.165) is 50.4 Å². The lowest BCUT2D eigenvalue weighted by Gasteiger charge is -2.18. The maximum absolute atomic E-state index is 12.3. The van der Waals surface area contributed by atoms with Crippen LogP contribution in [0.1, 0.15) is 175 Å². The second-order valence-corrected chi connectivity index (χ2v) is 14.4. The fraction of sp³-hybridized carbons (Fsp3) is 0.941. The summed E-state index contributed by atoms with van der Waals surface area (Å²) in [5, 5.41) is 0. The molecule has 0 aliphatic heterocycles. The summed E-state index contributed by atoms with van der Waals surface area (Å²) < 4.78 is 26.2. The molecule has 0 spiro atoms. The molecule has 0 aliphatic rings. The van der Waals surface area contributed by atoms with Crippen molar-refractivity contribution < 1.29 is 37.9 Å². The second kappa shape index (κ2) is 28.5. The lowest BCUT2D eigenvalue weighted by Crippen LogP contribution is -2.29. The number of rotatable bonds is 31. The number of unbranched alkanes of at least 4 members (excludes halogenated alkanes) is 17. The van der Waals surface area contributed by atoms with Crippen molar-refractivity contribution in [3.63, 3.8) is 0 Å². The van der Waals surface area contributed by atoms with Crippen LogP contribution in [0.5, 0.6) is 0 Å². The lowest BCUT2D eigenvalue weighted by molar-refractivity contribution is -0.161. The third-order valence-corrected chi connectivity index (χ3v) is 8.22. The summed E-state index contributed by atoms with van der Waals surface area (Å²) in [5.41, 5.74) is 0. The van der Waals surface area contributed by atoms with E-state index in [9.17, 15) is 14.2 Å². The van der Waals surface area contributed by atoms with Crippen molar-refractivity contribution >= 4 is 19.8 Å². The van der Waals surface area contributed by atoms with Gasteiger partial charge in [-0.15, -0.1) is 0 Å². The number of carbonyl (C=O) groups is 2. The summed E-state index contributed by atoms with van der Waals surface area (Å²) in [4.78, 5) is 42.5. The van der Waals surface area contributed by atoms with Gasteiger partial charge in [-0.3, -0.25) is 14.1 Å². The predicted octanol–water partition coefficient (Wildman–Crippen LogP) is 9.83. The molecule has 0 saturated carbocycles. The molecule has 0 rings (SSSR count). The Bertz CT molecular complexity index is 707. The lowest BCUT2D eigenvalue weighted by atomic mass is 10.0. The Balaban J connectivity index is 3.96. The molecular weight excluding hydrogens is 567 g/mol. The van der Waals surface area contributed by atoms with Gasteiger partial charge in [0.05, 0.1) is 6.61 Å². The molecule has 0 bridgehead atoms. The molecule has 1 atom stereocenters.